The molecule has 108 valence electrons. The van der Waals surface area contributed by atoms with Crippen molar-refractivity contribution in [3.63, 3.8) is 0 Å². The van der Waals surface area contributed by atoms with Gasteiger partial charge in [-0.05, 0) is 51.1 Å². The standard InChI is InChI=1S/C14H17Br2N3O/c1-4-17-12-6-9(5-8(2)3)18-14(19-12)11-7-10(15)13(16)20-11/h6-8H,4-5H2,1-3H3,(H,17,18,19). The van der Waals surface area contributed by atoms with E-state index in [-0.39, 0.29) is 0 Å². The lowest BCUT2D eigenvalue weighted by Crippen LogP contribution is -2.05. The number of aromatic nitrogens is 2. The highest BCUT2D eigenvalue weighted by Crippen LogP contribution is 2.31. The van der Waals surface area contributed by atoms with Crippen LogP contribution in [0.15, 0.2) is 25.7 Å². The van der Waals surface area contributed by atoms with Crippen LogP contribution in [0, 0.1) is 5.92 Å². The van der Waals surface area contributed by atoms with Gasteiger partial charge in [-0.2, -0.15) is 0 Å². The van der Waals surface area contributed by atoms with Gasteiger partial charge in [0.05, 0.1) is 4.47 Å². The lowest BCUT2D eigenvalue weighted by Gasteiger charge is -2.09. The molecule has 0 aliphatic heterocycles. The summed E-state index contributed by atoms with van der Waals surface area (Å²) in [5.41, 5.74) is 1.02. The largest absolute Gasteiger partial charge is 0.445 e. The average Bonchev–Trinajstić information content (AvgIpc) is 2.69. The van der Waals surface area contributed by atoms with E-state index in [0.29, 0.717) is 22.2 Å². The third-order valence-electron chi connectivity index (χ3n) is 2.62. The average molecular weight is 403 g/mol. The van der Waals surface area contributed by atoms with Gasteiger partial charge >= 0.3 is 0 Å². The minimum atomic E-state index is 0.544. The topological polar surface area (TPSA) is 51.0 Å². The van der Waals surface area contributed by atoms with E-state index >= 15 is 0 Å². The maximum Gasteiger partial charge on any atom is 0.197 e. The Labute approximate surface area is 135 Å². The Balaban J connectivity index is 2.42. The first-order valence-electron chi connectivity index (χ1n) is 6.56. The van der Waals surface area contributed by atoms with E-state index < -0.39 is 0 Å². The van der Waals surface area contributed by atoms with Gasteiger partial charge < -0.3 is 9.73 Å². The van der Waals surface area contributed by atoms with Crippen LogP contribution in [0.1, 0.15) is 26.5 Å². The smallest absolute Gasteiger partial charge is 0.197 e. The predicted molar refractivity (Wildman–Crippen MR) is 87.8 cm³/mol. The van der Waals surface area contributed by atoms with Crippen LogP contribution in [-0.2, 0) is 6.42 Å². The summed E-state index contributed by atoms with van der Waals surface area (Å²) in [5, 5.41) is 3.24. The molecule has 0 unspecified atom stereocenters. The summed E-state index contributed by atoms with van der Waals surface area (Å²) in [7, 11) is 0. The van der Waals surface area contributed by atoms with Crippen LogP contribution >= 0.6 is 31.9 Å². The van der Waals surface area contributed by atoms with E-state index in [2.05, 4.69) is 61.0 Å². The van der Waals surface area contributed by atoms with Gasteiger partial charge in [0.1, 0.15) is 5.82 Å². The summed E-state index contributed by atoms with van der Waals surface area (Å²) in [6.07, 6.45) is 0.914. The molecule has 0 atom stereocenters. The number of furan rings is 1. The molecule has 2 rings (SSSR count). The molecule has 0 saturated heterocycles. The molecule has 0 fully saturated rings. The third-order valence-corrected chi connectivity index (χ3v) is 4.33. The number of nitrogens with zero attached hydrogens (tertiary/aromatic N) is 2. The van der Waals surface area contributed by atoms with Gasteiger partial charge in [-0.1, -0.05) is 13.8 Å². The number of hydrogen-bond acceptors (Lipinski definition) is 4. The molecule has 6 heteroatoms. The molecule has 0 aliphatic carbocycles. The second kappa shape index (κ2) is 6.72. The summed E-state index contributed by atoms with van der Waals surface area (Å²) in [4.78, 5) is 9.09. The van der Waals surface area contributed by atoms with Crippen LogP contribution in [0.3, 0.4) is 0 Å². The van der Waals surface area contributed by atoms with Crippen molar-refractivity contribution in [3.05, 3.63) is 27.0 Å². The van der Waals surface area contributed by atoms with Crippen LogP contribution in [0.4, 0.5) is 5.82 Å². The molecular weight excluding hydrogens is 386 g/mol. The Morgan fingerprint density at radius 3 is 2.55 bits per heavy atom. The van der Waals surface area contributed by atoms with E-state index in [4.69, 9.17) is 4.42 Å². The fraction of sp³-hybridized carbons (Fsp3) is 0.429. The molecule has 2 heterocycles. The maximum atomic E-state index is 5.61. The molecule has 0 radical (unpaired) electrons. The summed E-state index contributed by atoms with van der Waals surface area (Å²) in [6, 6.07) is 3.87. The zero-order valence-electron chi connectivity index (χ0n) is 11.7. The van der Waals surface area contributed by atoms with Crippen molar-refractivity contribution in [2.45, 2.75) is 27.2 Å². The van der Waals surface area contributed by atoms with Crippen molar-refractivity contribution in [1.29, 1.82) is 0 Å². The molecule has 0 amide bonds. The van der Waals surface area contributed by atoms with Gasteiger partial charge in [-0.3, -0.25) is 0 Å². The summed E-state index contributed by atoms with van der Waals surface area (Å²) in [5.74, 6) is 2.62. The Bertz CT molecular complexity index is 577. The van der Waals surface area contributed by atoms with Gasteiger partial charge in [-0.25, -0.2) is 9.97 Å². The lowest BCUT2D eigenvalue weighted by molar-refractivity contribution is 0.548. The lowest BCUT2D eigenvalue weighted by atomic mass is 10.1. The highest BCUT2D eigenvalue weighted by molar-refractivity contribution is 9.13. The van der Waals surface area contributed by atoms with E-state index in [0.717, 1.165) is 29.0 Å². The minimum Gasteiger partial charge on any atom is -0.445 e. The summed E-state index contributed by atoms with van der Waals surface area (Å²) >= 11 is 6.75. The monoisotopic (exact) mass is 401 g/mol. The fourth-order valence-electron chi connectivity index (χ4n) is 1.86. The molecule has 2 aromatic heterocycles. The predicted octanol–water partition coefficient (Wildman–Crippen LogP) is 4.89. The van der Waals surface area contributed by atoms with E-state index in [9.17, 15) is 0 Å². The molecule has 0 bridgehead atoms. The third kappa shape index (κ3) is 3.82. The van der Waals surface area contributed by atoms with Crippen molar-refractivity contribution in [2.24, 2.45) is 5.92 Å². The van der Waals surface area contributed by atoms with Crippen molar-refractivity contribution in [2.75, 3.05) is 11.9 Å². The van der Waals surface area contributed by atoms with E-state index in [1.54, 1.807) is 0 Å². The second-order valence-electron chi connectivity index (χ2n) is 4.93. The van der Waals surface area contributed by atoms with Gasteiger partial charge in [-0.15, -0.1) is 0 Å². The summed E-state index contributed by atoms with van der Waals surface area (Å²) in [6.45, 7) is 7.22. The van der Waals surface area contributed by atoms with Gasteiger partial charge in [0.25, 0.3) is 0 Å². The Morgan fingerprint density at radius 2 is 2.00 bits per heavy atom. The molecule has 4 nitrogen and oxygen atoms in total. The van der Waals surface area contributed by atoms with Crippen molar-refractivity contribution < 1.29 is 4.42 Å². The van der Waals surface area contributed by atoms with E-state index in [1.165, 1.54) is 0 Å². The number of nitrogens with one attached hydrogen (secondary N) is 1. The van der Waals surface area contributed by atoms with Crippen LogP contribution in [-0.4, -0.2) is 16.5 Å². The van der Waals surface area contributed by atoms with E-state index in [1.807, 2.05) is 19.1 Å². The quantitative estimate of drug-likeness (QED) is 0.773. The number of halogens is 2. The first kappa shape index (κ1) is 15.5. The first-order valence-corrected chi connectivity index (χ1v) is 8.15. The molecule has 0 aliphatic rings. The Hall–Kier alpha value is -0.880. The normalized spacial score (nSPS) is 11.1. The first-order chi connectivity index (χ1) is 9.49. The number of rotatable bonds is 5. The zero-order valence-corrected chi connectivity index (χ0v) is 14.9. The number of anilines is 1. The Kier molecular flexibility index (Phi) is 5.21. The Morgan fingerprint density at radius 1 is 1.25 bits per heavy atom. The highest BCUT2D eigenvalue weighted by atomic mass is 79.9. The molecule has 0 spiro atoms. The molecular formula is C14H17Br2N3O. The number of hydrogen-bond donors (Lipinski definition) is 1. The van der Waals surface area contributed by atoms with Crippen LogP contribution in [0.2, 0.25) is 0 Å². The van der Waals surface area contributed by atoms with Crippen LogP contribution in [0.25, 0.3) is 11.6 Å². The van der Waals surface area contributed by atoms with Crippen molar-refractivity contribution >= 4 is 37.7 Å². The summed E-state index contributed by atoms with van der Waals surface area (Å²) < 4.78 is 7.12. The van der Waals surface area contributed by atoms with Gasteiger partial charge in [0, 0.05) is 24.4 Å². The fourth-order valence-corrected chi connectivity index (χ4v) is 2.44. The van der Waals surface area contributed by atoms with Crippen molar-refractivity contribution in [1.82, 2.24) is 9.97 Å². The molecule has 0 aromatic carbocycles. The van der Waals surface area contributed by atoms with Gasteiger partial charge in [0.15, 0.2) is 16.3 Å². The van der Waals surface area contributed by atoms with Gasteiger partial charge in [0.2, 0.25) is 0 Å². The van der Waals surface area contributed by atoms with Crippen molar-refractivity contribution in [3.8, 4) is 11.6 Å². The maximum absolute atomic E-state index is 5.61. The SMILES string of the molecule is CCNc1cc(CC(C)C)nc(-c2cc(Br)c(Br)o2)n1. The molecule has 1 N–H and O–H groups in total. The minimum absolute atomic E-state index is 0.544. The zero-order chi connectivity index (χ0) is 14.7. The molecule has 20 heavy (non-hydrogen) atoms. The molecule has 0 saturated carbocycles. The second-order valence-corrected chi connectivity index (χ2v) is 6.50. The molecule has 2 aromatic rings. The highest BCUT2D eigenvalue weighted by Gasteiger charge is 2.13. The van der Waals surface area contributed by atoms with Crippen LogP contribution in [0.5, 0.6) is 0 Å². The van der Waals surface area contributed by atoms with Crippen LogP contribution < -0.4 is 5.32 Å².